The second-order valence-corrected chi connectivity index (χ2v) is 12.3. The van der Waals surface area contributed by atoms with Gasteiger partial charge in [0.15, 0.2) is 11.3 Å². The van der Waals surface area contributed by atoms with Crippen LogP contribution in [-0.2, 0) is 25.7 Å². The number of halogens is 2. The van der Waals surface area contributed by atoms with Crippen molar-refractivity contribution < 1.29 is 43.6 Å². The Morgan fingerprint density at radius 3 is 2.74 bits per heavy atom. The van der Waals surface area contributed by atoms with Crippen molar-refractivity contribution in [1.29, 1.82) is 0 Å². The molecule has 1 spiro atoms. The van der Waals surface area contributed by atoms with E-state index >= 15 is 0 Å². The molecule has 2 bridgehead atoms. The third-order valence-electron chi connectivity index (χ3n) is 8.79. The van der Waals surface area contributed by atoms with Gasteiger partial charge in [-0.2, -0.15) is 0 Å². The van der Waals surface area contributed by atoms with Gasteiger partial charge in [-0.25, -0.2) is 8.78 Å². The number of pyridine rings is 1. The first kappa shape index (κ1) is 32.9. The second kappa shape index (κ2) is 13.5. The standard InChI is InChI=1S/C32H38F2N4O8.H2/c1-18(2)6-5-7-26(39)44-17-45-29-27-31(42)37-16-24(32(11-10-19(37)3)13-25(43-4)36-46-32)38(27)15-22(28(29)40)30(41)35-14-20-8-9-21(33)12-23(20)34;/h8-9,12,15,18-19,24H,5-7,10-11,13-14,16-17H2,1-4H3,(H,35,41);1H/t19-,24+,32-;/m0./s1. The van der Waals surface area contributed by atoms with Crippen LogP contribution in [0.4, 0.5) is 8.78 Å². The maximum absolute atomic E-state index is 14.3. The van der Waals surface area contributed by atoms with Gasteiger partial charge in [0.1, 0.15) is 17.2 Å². The molecule has 0 unspecified atom stereocenters. The van der Waals surface area contributed by atoms with Crippen LogP contribution in [0.25, 0.3) is 0 Å². The van der Waals surface area contributed by atoms with Gasteiger partial charge in [0.2, 0.25) is 23.9 Å². The SMILES string of the molecule is COC1=NO[C@@]2(CC[C@H](C)N3C[C@H]2n2cc(C(=O)NCc4ccc(F)cc4F)c(=O)c(OCOC(=O)CCCC(C)C)c2C3=O)C1.[HH]. The average Bonchev–Trinajstić information content (AvgIpc) is 3.39. The first-order valence-corrected chi connectivity index (χ1v) is 15.3. The van der Waals surface area contributed by atoms with Crippen molar-refractivity contribution in [1.82, 2.24) is 14.8 Å². The topological polar surface area (TPSA) is 138 Å². The highest BCUT2D eigenvalue weighted by atomic mass is 19.1. The van der Waals surface area contributed by atoms with Crippen LogP contribution in [0.1, 0.15) is 93.2 Å². The molecule has 3 atom stereocenters. The lowest BCUT2D eigenvalue weighted by Crippen LogP contribution is -2.52. The molecule has 1 aromatic carbocycles. The Balaban J connectivity index is 0.00000500. The Morgan fingerprint density at radius 2 is 2.04 bits per heavy atom. The number of amides is 2. The van der Waals surface area contributed by atoms with E-state index in [4.69, 9.17) is 19.0 Å². The first-order valence-electron chi connectivity index (χ1n) is 15.3. The average molecular weight is 647 g/mol. The monoisotopic (exact) mass is 646 g/mol. The molecule has 3 aliphatic heterocycles. The highest BCUT2D eigenvalue weighted by Crippen LogP contribution is 2.46. The molecule has 2 aromatic rings. The van der Waals surface area contributed by atoms with E-state index in [9.17, 15) is 28.0 Å². The maximum atomic E-state index is 14.3. The van der Waals surface area contributed by atoms with Crippen molar-refractivity contribution in [2.24, 2.45) is 11.1 Å². The van der Waals surface area contributed by atoms with Crippen molar-refractivity contribution in [3.8, 4) is 5.75 Å². The van der Waals surface area contributed by atoms with Gasteiger partial charge in [0.25, 0.3) is 11.8 Å². The number of oxime groups is 1. The summed E-state index contributed by atoms with van der Waals surface area (Å²) in [5.74, 6) is -3.25. The molecule has 1 N–H and O–H groups in total. The number of fused-ring (bicyclic) bond motifs is 5. The van der Waals surface area contributed by atoms with Gasteiger partial charge in [-0.05, 0) is 38.2 Å². The van der Waals surface area contributed by atoms with Gasteiger partial charge in [0, 0.05) is 44.8 Å². The van der Waals surface area contributed by atoms with Gasteiger partial charge in [-0.15, -0.1) is 0 Å². The smallest absolute Gasteiger partial charge is 0.308 e. The molecule has 4 heterocycles. The van der Waals surface area contributed by atoms with E-state index in [0.717, 1.165) is 12.5 Å². The minimum Gasteiger partial charge on any atom is -0.482 e. The highest BCUT2D eigenvalue weighted by molar-refractivity contribution is 5.99. The summed E-state index contributed by atoms with van der Waals surface area (Å²) in [6.07, 6.45) is 4.18. The largest absolute Gasteiger partial charge is 0.482 e. The van der Waals surface area contributed by atoms with Crippen LogP contribution in [0, 0.1) is 17.6 Å². The van der Waals surface area contributed by atoms with Gasteiger partial charge < -0.3 is 33.8 Å². The Morgan fingerprint density at radius 1 is 1.26 bits per heavy atom. The fraction of sp³-hybridized carbons (Fsp3) is 0.531. The third-order valence-corrected chi connectivity index (χ3v) is 8.79. The summed E-state index contributed by atoms with van der Waals surface area (Å²) >= 11 is 0. The molecule has 0 aliphatic carbocycles. The lowest BCUT2D eigenvalue weighted by atomic mass is 9.85. The predicted octanol–water partition coefficient (Wildman–Crippen LogP) is 4.31. The fourth-order valence-corrected chi connectivity index (χ4v) is 6.13. The van der Waals surface area contributed by atoms with E-state index in [0.29, 0.717) is 37.1 Å². The number of nitrogens with zero attached hydrogens (tertiary/aromatic N) is 3. The normalized spacial score (nSPS) is 21.8. The number of hydrogen-bond donors (Lipinski definition) is 1. The van der Waals surface area contributed by atoms with Crippen LogP contribution in [0.3, 0.4) is 0 Å². The van der Waals surface area contributed by atoms with Crippen molar-refractivity contribution in [2.45, 2.75) is 83.5 Å². The van der Waals surface area contributed by atoms with Crippen LogP contribution in [0.5, 0.6) is 5.75 Å². The predicted molar refractivity (Wildman–Crippen MR) is 162 cm³/mol. The zero-order valence-electron chi connectivity index (χ0n) is 26.3. The number of hydrogen-bond acceptors (Lipinski definition) is 9. The molecule has 0 saturated carbocycles. The Kier molecular flexibility index (Phi) is 9.63. The number of rotatable bonds is 10. The number of benzene rings is 1. The Bertz CT molecular complexity index is 1620. The number of aromatic nitrogens is 1. The zero-order chi connectivity index (χ0) is 33.2. The first-order chi connectivity index (χ1) is 21.9. The molecule has 0 radical (unpaired) electrons. The number of methoxy groups -OCH3 is 1. The molecule has 46 heavy (non-hydrogen) atoms. The zero-order valence-corrected chi connectivity index (χ0v) is 26.3. The van der Waals surface area contributed by atoms with Crippen molar-refractivity contribution in [3.63, 3.8) is 0 Å². The van der Waals surface area contributed by atoms with Gasteiger partial charge in [0.05, 0.1) is 19.6 Å². The number of carbonyl (C=O) groups is 3. The Labute approximate surface area is 266 Å². The second-order valence-electron chi connectivity index (χ2n) is 12.3. The van der Waals surface area contributed by atoms with E-state index in [2.05, 4.69) is 10.5 Å². The highest BCUT2D eigenvalue weighted by Gasteiger charge is 2.55. The van der Waals surface area contributed by atoms with E-state index < -0.39 is 64.6 Å². The molecule has 12 nitrogen and oxygen atoms in total. The van der Waals surface area contributed by atoms with Crippen LogP contribution in [-0.4, -0.2) is 65.2 Å². The summed E-state index contributed by atoms with van der Waals surface area (Å²) in [7, 11) is 1.48. The number of esters is 1. The number of nitrogens with one attached hydrogen (secondary N) is 1. The lowest BCUT2D eigenvalue weighted by molar-refractivity contribution is -0.150. The van der Waals surface area contributed by atoms with Crippen LogP contribution in [0.2, 0.25) is 0 Å². The summed E-state index contributed by atoms with van der Waals surface area (Å²) in [5, 5.41) is 6.60. The van der Waals surface area contributed by atoms with Gasteiger partial charge in [-0.3, -0.25) is 19.2 Å². The molecular formula is C32H40F2N4O8. The van der Waals surface area contributed by atoms with E-state index in [1.807, 2.05) is 20.8 Å². The van der Waals surface area contributed by atoms with Crippen molar-refractivity contribution in [2.75, 3.05) is 20.4 Å². The fourth-order valence-electron chi connectivity index (χ4n) is 6.13. The molecule has 1 saturated heterocycles. The Hall–Kier alpha value is -4.49. The summed E-state index contributed by atoms with van der Waals surface area (Å²) in [5.41, 5.74) is -2.41. The van der Waals surface area contributed by atoms with Crippen LogP contribution in [0.15, 0.2) is 34.3 Å². The number of ether oxygens (including phenoxy) is 3. The van der Waals surface area contributed by atoms with Gasteiger partial charge >= 0.3 is 5.97 Å². The summed E-state index contributed by atoms with van der Waals surface area (Å²) in [4.78, 5) is 61.3. The third kappa shape index (κ3) is 6.56. The summed E-state index contributed by atoms with van der Waals surface area (Å²) in [6.45, 7) is 5.15. The molecule has 3 aliphatic rings. The quantitative estimate of drug-likeness (QED) is 0.298. The van der Waals surface area contributed by atoms with E-state index in [-0.39, 0.29) is 44.7 Å². The van der Waals surface area contributed by atoms with Crippen molar-refractivity contribution in [3.05, 3.63) is 63.1 Å². The summed E-state index contributed by atoms with van der Waals surface area (Å²) < 4.78 is 45.5. The molecule has 1 fully saturated rings. The van der Waals surface area contributed by atoms with E-state index in [1.165, 1.54) is 23.9 Å². The van der Waals surface area contributed by atoms with Crippen LogP contribution >= 0.6 is 0 Å². The van der Waals surface area contributed by atoms with Gasteiger partial charge in [-0.1, -0.05) is 31.5 Å². The minimum absolute atomic E-state index is 0. The molecule has 1 aromatic heterocycles. The van der Waals surface area contributed by atoms with Crippen LogP contribution < -0.4 is 15.5 Å². The molecule has 2 amide bonds. The summed E-state index contributed by atoms with van der Waals surface area (Å²) in [6, 6.07) is 2.07. The minimum atomic E-state index is -0.968. The molecule has 250 valence electrons. The van der Waals surface area contributed by atoms with E-state index in [1.54, 1.807) is 4.90 Å². The molecular weight excluding hydrogens is 606 g/mol. The molecule has 14 heteroatoms. The number of carbonyl (C=O) groups excluding carboxylic acids is 3. The maximum Gasteiger partial charge on any atom is 0.308 e. The molecule has 5 rings (SSSR count). The van der Waals surface area contributed by atoms with Crippen molar-refractivity contribution >= 4 is 23.7 Å². The lowest BCUT2D eigenvalue weighted by Gasteiger charge is -2.42.